The SMILES string of the molecule is CCOC(=O)c1c(C)n(-c2ccc(C)cc2)c2c(C)cc(NS(=O)(=O)c3ccccc3)cc12. The van der Waals surface area contributed by atoms with Crippen LogP contribution in [0.1, 0.15) is 34.1 Å². The fourth-order valence-corrected chi connectivity index (χ4v) is 5.15. The molecule has 0 fully saturated rings. The summed E-state index contributed by atoms with van der Waals surface area (Å²) in [4.78, 5) is 13.1. The van der Waals surface area contributed by atoms with Crippen LogP contribution in [0.5, 0.6) is 0 Å². The predicted molar refractivity (Wildman–Crippen MR) is 131 cm³/mol. The van der Waals surface area contributed by atoms with Gasteiger partial charge in [0.05, 0.1) is 22.6 Å². The molecule has 0 aliphatic heterocycles. The quantitative estimate of drug-likeness (QED) is 0.382. The minimum atomic E-state index is -3.78. The summed E-state index contributed by atoms with van der Waals surface area (Å²) in [5, 5.41) is 0.636. The molecule has 1 N–H and O–H groups in total. The number of rotatable bonds is 6. The van der Waals surface area contributed by atoms with E-state index in [2.05, 4.69) is 4.72 Å². The topological polar surface area (TPSA) is 77.4 Å². The predicted octanol–water partition coefficient (Wildman–Crippen LogP) is 5.53. The van der Waals surface area contributed by atoms with Crippen LogP contribution in [0.25, 0.3) is 16.6 Å². The van der Waals surface area contributed by atoms with Crippen molar-refractivity contribution >= 4 is 32.6 Å². The molecule has 0 amide bonds. The molecule has 4 rings (SSSR count). The molecule has 0 spiro atoms. The molecule has 3 aromatic carbocycles. The maximum Gasteiger partial charge on any atom is 0.340 e. The first-order chi connectivity index (χ1) is 15.7. The third-order valence-electron chi connectivity index (χ3n) is 5.57. The Balaban J connectivity index is 1.93. The Morgan fingerprint density at radius 3 is 2.27 bits per heavy atom. The summed E-state index contributed by atoms with van der Waals surface area (Å²) in [7, 11) is -3.78. The number of fused-ring (bicyclic) bond motifs is 1. The van der Waals surface area contributed by atoms with E-state index in [0.29, 0.717) is 16.6 Å². The molecule has 4 aromatic rings. The average Bonchev–Trinajstić information content (AvgIpc) is 3.07. The Hall–Kier alpha value is -3.58. The zero-order valence-corrected chi connectivity index (χ0v) is 19.9. The highest BCUT2D eigenvalue weighted by Gasteiger charge is 2.24. The van der Waals surface area contributed by atoms with Gasteiger partial charge in [-0.25, -0.2) is 13.2 Å². The number of sulfonamides is 1. The van der Waals surface area contributed by atoms with Crippen LogP contribution in [0.2, 0.25) is 0 Å². The molecule has 33 heavy (non-hydrogen) atoms. The highest BCUT2D eigenvalue weighted by Crippen LogP contribution is 2.35. The number of ether oxygens (including phenoxy) is 1. The van der Waals surface area contributed by atoms with Gasteiger partial charge in [-0.3, -0.25) is 4.72 Å². The van der Waals surface area contributed by atoms with Crippen LogP contribution in [0.15, 0.2) is 71.6 Å². The first-order valence-corrected chi connectivity index (χ1v) is 12.2. The summed E-state index contributed by atoms with van der Waals surface area (Å²) in [5.41, 5.74) is 5.26. The van der Waals surface area contributed by atoms with Crippen molar-refractivity contribution in [3.63, 3.8) is 0 Å². The van der Waals surface area contributed by atoms with Gasteiger partial charge in [-0.15, -0.1) is 0 Å². The lowest BCUT2D eigenvalue weighted by atomic mass is 10.1. The first-order valence-electron chi connectivity index (χ1n) is 10.7. The molecule has 0 unspecified atom stereocenters. The summed E-state index contributed by atoms with van der Waals surface area (Å²) < 4.78 is 35.8. The number of anilines is 1. The molecule has 170 valence electrons. The van der Waals surface area contributed by atoms with Crippen molar-refractivity contribution in [2.24, 2.45) is 0 Å². The number of esters is 1. The molecule has 0 saturated heterocycles. The van der Waals surface area contributed by atoms with Gasteiger partial charge in [0.2, 0.25) is 0 Å². The van der Waals surface area contributed by atoms with E-state index in [1.807, 2.05) is 49.6 Å². The molecule has 6 nitrogen and oxygen atoms in total. The molecule has 0 bridgehead atoms. The van der Waals surface area contributed by atoms with Crippen molar-refractivity contribution in [2.45, 2.75) is 32.6 Å². The molecule has 0 aliphatic rings. The Morgan fingerprint density at radius 1 is 0.970 bits per heavy atom. The van der Waals surface area contributed by atoms with E-state index in [0.717, 1.165) is 28.0 Å². The van der Waals surface area contributed by atoms with Crippen molar-refractivity contribution in [1.82, 2.24) is 4.57 Å². The van der Waals surface area contributed by atoms with Gasteiger partial charge in [0, 0.05) is 22.5 Å². The van der Waals surface area contributed by atoms with E-state index >= 15 is 0 Å². The fraction of sp³-hybridized carbons (Fsp3) is 0.192. The van der Waals surface area contributed by atoms with Crippen LogP contribution < -0.4 is 4.72 Å². The zero-order chi connectivity index (χ0) is 23.8. The van der Waals surface area contributed by atoms with Gasteiger partial charge >= 0.3 is 5.97 Å². The van der Waals surface area contributed by atoms with Crippen LogP contribution in [0.3, 0.4) is 0 Å². The smallest absolute Gasteiger partial charge is 0.340 e. The molecular weight excluding hydrogens is 436 g/mol. The first kappa shape index (κ1) is 22.6. The Kier molecular flexibility index (Phi) is 5.99. The molecule has 1 heterocycles. The lowest BCUT2D eigenvalue weighted by Crippen LogP contribution is -2.13. The van der Waals surface area contributed by atoms with Crippen molar-refractivity contribution in [3.8, 4) is 5.69 Å². The van der Waals surface area contributed by atoms with E-state index in [-0.39, 0.29) is 11.5 Å². The third kappa shape index (κ3) is 4.24. The van der Waals surface area contributed by atoms with Crippen molar-refractivity contribution in [3.05, 3.63) is 89.1 Å². The van der Waals surface area contributed by atoms with Gasteiger partial charge in [-0.05, 0) is 69.7 Å². The highest BCUT2D eigenvalue weighted by atomic mass is 32.2. The highest BCUT2D eigenvalue weighted by molar-refractivity contribution is 7.92. The number of benzene rings is 3. The molecule has 0 atom stereocenters. The van der Waals surface area contributed by atoms with E-state index in [4.69, 9.17) is 4.74 Å². The summed E-state index contributed by atoms with van der Waals surface area (Å²) in [5.74, 6) is -0.437. The summed E-state index contributed by atoms with van der Waals surface area (Å²) in [6.45, 7) is 7.80. The second kappa shape index (κ2) is 8.75. The van der Waals surface area contributed by atoms with E-state index in [1.165, 1.54) is 12.1 Å². The maximum atomic E-state index is 12.9. The van der Waals surface area contributed by atoms with E-state index in [9.17, 15) is 13.2 Å². The molecule has 0 aliphatic carbocycles. The van der Waals surface area contributed by atoms with E-state index < -0.39 is 16.0 Å². The van der Waals surface area contributed by atoms with Gasteiger partial charge in [0.15, 0.2) is 0 Å². The zero-order valence-electron chi connectivity index (χ0n) is 19.0. The van der Waals surface area contributed by atoms with Crippen LogP contribution in [0.4, 0.5) is 5.69 Å². The fourth-order valence-electron chi connectivity index (χ4n) is 4.09. The van der Waals surface area contributed by atoms with Gasteiger partial charge in [0.1, 0.15) is 0 Å². The Bertz CT molecular complexity index is 1440. The Morgan fingerprint density at radius 2 is 1.64 bits per heavy atom. The number of aromatic nitrogens is 1. The number of carbonyl (C=O) groups excluding carboxylic acids is 1. The number of nitrogens with zero attached hydrogens (tertiary/aromatic N) is 1. The van der Waals surface area contributed by atoms with Gasteiger partial charge in [0.25, 0.3) is 10.0 Å². The monoisotopic (exact) mass is 462 g/mol. The average molecular weight is 463 g/mol. The number of hydrogen-bond acceptors (Lipinski definition) is 4. The van der Waals surface area contributed by atoms with Gasteiger partial charge < -0.3 is 9.30 Å². The van der Waals surface area contributed by atoms with Crippen LogP contribution in [-0.2, 0) is 14.8 Å². The van der Waals surface area contributed by atoms with Crippen LogP contribution >= 0.6 is 0 Å². The number of nitrogens with one attached hydrogen (secondary N) is 1. The lowest BCUT2D eigenvalue weighted by molar-refractivity contribution is 0.0527. The maximum absolute atomic E-state index is 12.9. The standard InChI is InChI=1S/C26H26N2O4S/c1-5-32-26(29)24-19(4)28(21-13-11-17(2)12-14-21)25-18(3)15-20(16-23(24)25)27-33(30,31)22-9-7-6-8-10-22/h6-16,27H,5H2,1-4H3. The second-order valence-electron chi connectivity index (χ2n) is 7.96. The van der Waals surface area contributed by atoms with Gasteiger partial charge in [-0.2, -0.15) is 0 Å². The number of aryl methyl sites for hydroxylation is 2. The Labute approximate surface area is 193 Å². The molecular formula is C26H26N2O4S. The van der Waals surface area contributed by atoms with E-state index in [1.54, 1.807) is 37.3 Å². The molecule has 0 saturated carbocycles. The van der Waals surface area contributed by atoms with Crippen LogP contribution in [0, 0.1) is 20.8 Å². The van der Waals surface area contributed by atoms with Crippen LogP contribution in [-0.4, -0.2) is 25.6 Å². The number of hydrogen-bond donors (Lipinski definition) is 1. The minimum absolute atomic E-state index is 0.168. The normalized spacial score (nSPS) is 11.5. The summed E-state index contributed by atoms with van der Waals surface area (Å²) >= 11 is 0. The molecule has 7 heteroatoms. The van der Waals surface area contributed by atoms with Crippen molar-refractivity contribution in [1.29, 1.82) is 0 Å². The number of carbonyl (C=O) groups is 1. The minimum Gasteiger partial charge on any atom is -0.462 e. The molecule has 0 radical (unpaired) electrons. The third-order valence-corrected chi connectivity index (χ3v) is 6.97. The van der Waals surface area contributed by atoms with Crippen molar-refractivity contribution < 1.29 is 17.9 Å². The van der Waals surface area contributed by atoms with Crippen molar-refractivity contribution in [2.75, 3.05) is 11.3 Å². The van der Waals surface area contributed by atoms with Gasteiger partial charge in [-0.1, -0.05) is 35.9 Å². The largest absolute Gasteiger partial charge is 0.462 e. The lowest BCUT2D eigenvalue weighted by Gasteiger charge is -2.13. The summed E-state index contributed by atoms with van der Waals surface area (Å²) in [6.07, 6.45) is 0. The summed E-state index contributed by atoms with van der Waals surface area (Å²) in [6, 6.07) is 19.7. The second-order valence-corrected chi connectivity index (χ2v) is 9.64. The molecule has 1 aromatic heterocycles.